The van der Waals surface area contributed by atoms with E-state index in [9.17, 15) is 9.90 Å². The van der Waals surface area contributed by atoms with Crippen LogP contribution in [-0.4, -0.2) is 18.2 Å². The van der Waals surface area contributed by atoms with Crippen molar-refractivity contribution < 1.29 is 19.4 Å². The van der Waals surface area contributed by atoms with Crippen molar-refractivity contribution in [2.45, 2.75) is 0 Å². The second kappa shape index (κ2) is 6.87. The highest BCUT2D eigenvalue weighted by molar-refractivity contribution is 5.91. The molecule has 24 heavy (non-hydrogen) atoms. The normalized spacial score (nSPS) is 10.2. The third kappa shape index (κ3) is 3.55. The average molecular weight is 320 g/mol. The van der Waals surface area contributed by atoms with Crippen LogP contribution in [0, 0.1) is 0 Å². The third-order valence-corrected chi connectivity index (χ3v) is 3.59. The van der Waals surface area contributed by atoms with Crippen LogP contribution in [0.4, 0.5) is 0 Å². The Kier molecular flexibility index (Phi) is 4.47. The molecular formula is C20H16O4. The van der Waals surface area contributed by atoms with Gasteiger partial charge in [0.1, 0.15) is 17.2 Å². The minimum atomic E-state index is -0.443. The number of ether oxygens (including phenoxy) is 2. The number of carbonyl (C=O) groups is 1. The zero-order valence-electron chi connectivity index (χ0n) is 13.1. The van der Waals surface area contributed by atoms with Crippen LogP contribution >= 0.6 is 0 Å². The molecule has 3 aromatic carbocycles. The van der Waals surface area contributed by atoms with E-state index in [0.29, 0.717) is 11.3 Å². The van der Waals surface area contributed by atoms with Crippen LogP contribution in [0.5, 0.6) is 17.2 Å². The summed E-state index contributed by atoms with van der Waals surface area (Å²) >= 11 is 0. The molecule has 3 rings (SSSR count). The van der Waals surface area contributed by atoms with Crippen LogP contribution in [0.2, 0.25) is 0 Å². The van der Waals surface area contributed by atoms with Gasteiger partial charge in [0.15, 0.2) is 0 Å². The van der Waals surface area contributed by atoms with E-state index in [1.54, 1.807) is 31.4 Å². The van der Waals surface area contributed by atoms with Gasteiger partial charge in [-0.15, -0.1) is 0 Å². The number of phenols is 1. The number of carbonyl (C=O) groups excluding carboxylic acids is 1. The Morgan fingerprint density at radius 2 is 1.25 bits per heavy atom. The molecule has 0 aromatic heterocycles. The van der Waals surface area contributed by atoms with E-state index in [2.05, 4.69) is 0 Å². The summed E-state index contributed by atoms with van der Waals surface area (Å²) in [4.78, 5) is 12.1. The first kappa shape index (κ1) is 15.6. The van der Waals surface area contributed by atoms with Crippen LogP contribution < -0.4 is 9.47 Å². The maximum absolute atomic E-state index is 12.1. The lowest BCUT2D eigenvalue weighted by Gasteiger charge is -2.06. The molecule has 0 saturated carbocycles. The minimum absolute atomic E-state index is 0.124. The second-order valence-corrected chi connectivity index (χ2v) is 5.19. The van der Waals surface area contributed by atoms with E-state index < -0.39 is 5.97 Å². The van der Waals surface area contributed by atoms with Crippen LogP contribution in [0.25, 0.3) is 11.1 Å². The number of hydrogen-bond acceptors (Lipinski definition) is 4. The molecule has 3 aromatic rings. The number of hydrogen-bond donors (Lipinski definition) is 1. The Bertz CT molecular complexity index is 819. The van der Waals surface area contributed by atoms with Crippen molar-refractivity contribution in [1.82, 2.24) is 0 Å². The highest BCUT2D eigenvalue weighted by Gasteiger charge is 2.09. The smallest absolute Gasteiger partial charge is 0.343 e. The molecule has 0 fully saturated rings. The fourth-order valence-corrected chi connectivity index (χ4v) is 2.26. The summed E-state index contributed by atoms with van der Waals surface area (Å²) in [5.74, 6) is 0.866. The predicted molar refractivity (Wildman–Crippen MR) is 91.5 cm³/mol. The second-order valence-electron chi connectivity index (χ2n) is 5.19. The lowest BCUT2D eigenvalue weighted by atomic mass is 10.0. The quantitative estimate of drug-likeness (QED) is 0.575. The van der Waals surface area contributed by atoms with Crippen molar-refractivity contribution in [3.63, 3.8) is 0 Å². The monoisotopic (exact) mass is 320 g/mol. The van der Waals surface area contributed by atoms with Crippen LogP contribution in [0.1, 0.15) is 10.4 Å². The summed E-state index contributed by atoms with van der Waals surface area (Å²) in [5.41, 5.74) is 2.49. The molecule has 4 heteroatoms. The van der Waals surface area contributed by atoms with Crippen LogP contribution in [0.15, 0.2) is 72.8 Å². The average Bonchev–Trinajstić information content (AvgIpc) is 2.64. The Morgan fingerprint density at radius 3 is 1.79 bits per heavy atom. The zero-order valence-corrected chi connectivity index (χ0v) is 13.1. The summed E-state index contributed by atoms with van der Waals surface area (Å²) in [6, 6.07) is 20.9. The van der Waals surface area contributed by atoms with E-state index in [1.165, 1.54) is 12.1 Å². The third-order valence-electron chi connectivity index (χ3n) is 3.59. The number of rotatable bonds is 4. The summed E-state index contributed by atoms with van der Waals surface area (Å²) in [7, 11) is 1.63. The molecule has 0 unspecified atom stereocenters. The number of methoxy groups -OCH3 is 1. The molecule has 0 aliphatic heterocycles. The van der Waals surface area contributed by atoms with Gasteiger partial charge in [-0.05, 0) is 59.7 Å². The van der Waals surface area contributed by atoms with Crippen LogP contribution in [-0.2, 0) is 0 Å². The number of phenolic OH excluding ortho intramolecular Hbond substituents is 1. The molecule has 120 valence electrons. The summed E-state index contributed by atoms with van der Waals surface area (Å²) in [5, 5.41) is 9.23. The van der Waals surface area contributed by atoms with Gasteiger partial charge < -0.3 is 14.6 Å². The Hall–Kier alpha value is -3.27. The highest BCUT2D eigenvalue weighted by Crippen LogP contribution is 2.23. The van der Waals surface area contributed by atoms with Gasteiger partial charge in [0.25, 0.3) is 0 Å². The van der Waals surface area contributed by atoms with Crippen molar-refractivity contribution in [3.8, 4) is 28.4 Å². The number of aromatic hydroxyl groups is 1. The van der Waals surface area contributed by atoms with Crippen molar-refractivity contribution in [1.29, 1.82) is 0 Å². The molecule has 4 nitrogen and oxygen atoms in total. The highest BCUT2D eigenvalue weighted by atomic mass is 16.5. The van der Waals surface area contributed by atoms with Crippen molar-refractivity contribution >= 4 is 5.97 Å². The van der Waals surface area contributed by atoms with Gasteiger partial charge in [0.05, 0.1) is 12.7 Å². The topological polar surface area (TPSA) is 55.8 Å². The number of benzene rings is 3. The Morgan fingerprint density at radius 1 is 0.750 bits per heavy atom. The van der Waals surface area contributed by atoms with E-state index >= 15 is 0 Å². The Labute approximate surface area is 139 Å². The molecule has 1 N–H and O–H groups in total. The molecule has 0 aliphatic carbocycles. The summed E-state index contributed by atoms with van der Waals surface area (Å²) in [6.45, 7) is 0. The molecule has 0 saturated heterocycles. The Balaban J connectivity index is 1.73. The van der Waals surface area contributed by atoms with Gasteiger partial charge in [0.2, 0.25) is 0 Å². The van der Waals surface area contributed by atoms with E-state index in [1.807, 2.05) is 36.4 Å². The molecule has 0 spiro atoms. The van der Waals surface area contributed by atoms with Crippen molar-refractivity contribution in [2.75, 3.05) is 7.11 Å². The molecule has 0 heterocycles. The predicted octanol–water partition coefficient (Wildman–Crippen LogP) is 4.29. The van der Waals surface area contributed by atoms with Crippen molar-refractivity contribution in [2.24, 2.45) is 0 Å². The molecular weight excluding hydrogens is 304 g/mol. The standard InChI is InChI=1S/C20H16O4/c1-23-18-10-6-15(7-11-18)14-2-4-16(5-3-14)20(22)24-19-12-8-17(21)9-13-19/h2-13,21H,1H3. The fourth-order valence-electron chi connectivity index (χ4n) is 2.26. The van der Waals surface area contributed by atoms with Gasteiger partial charge in [-0.1, -0.05) is 24.3 Å². The first-order valence-electron chi connectivity index (χ1n) is 7.41. The first-order chi connectivity index (χ1) is 11.7. The van der Waals surface area contributed by atoms with E-state index in [-0.39, 0.29) is 5.75 Å². The first-order valence-corrected chi connectivity index (χ1v) is 7.41. The molecule has 0 aliphatic rings. The van der Waals surface area contributed by atoms with Gasteiger partial charge >= 0.3 is 5.97 Å². The number of esters is 1. The molecule has 0 atom stereocenters. The molecule has 0 radical (unpaired) electrons. The minimum Gasteiger partial charge on any atom is -0.508 e. The lowest BCUT2D eigenvalue weighted by Crippen LogP contribution is -2.08. The maximum Gasteiger partial charge on any atom is 0.343 e. The maximum atomic E-state index is 12.1. The summed E-state index contributed by atoms with van der Waals surface area (Å²) < 4.78 is 10.4. The van der Waals surface area contributed by atoms with Gasteiger partial charge in [-0.3, -0.25) is 0 Å². The SMILES string of the molecule is COc1ccc(-c2ccc(C(=O)Oc3ccc(O)cc3)cc2)cc1. The largest absolute Gasteiger partial charge is 0.508 e. The van der Waals surface area contributed by atoms with Crippen molar-refractivity contribution in [3.05, 3.63) is 78.4 Å². The van der Waals surface area contributed by atoms with E-state index in [0.717, 1.165) is 16.9 Å². The van der Waals surface area contributed by atoms with Gasteiger partial charge in [-0.25, -0.2) is 4.79 Å². The summed E-state index contributed by atoms with van der Waals surface area (Å²) in [6.07, 6.45) is 0. The van der Waals surface area contributed by atoms with Gasteiger partial charge in [-0.2, -0.15) is 0 Å². The van der Waals surface area contributed by atoms with Gasteiger partial charge in [0, 0.05) is 0 Å². The fraction of sp³-hybridized carbons (Fsp3) is 0.0500. The molecule has 0 amide bonds. The van der Waals surface area contributed by atoms with E-state index in [4.69, 9.17) is 9.47 Å². The lowest BCUT2D eigenvalue weighted by molar-refractivity contribution is 0.0734. The molecule has 0 bridgehead atoms. The zero-order chi connectivity index (χ0) is 16.9. The van der Waals surface area contributed by atoms with Crippen LogP contribution in [0.3, 0.4) is 0 Å².